The van der Waals surface area contributed by atoms with E-state index in [1.807, 2.05) is 12.3 Å². The molecule has 3 nitrogen and oxygen atoms in total. The van der Waals surface area contributed by atoms with Crippen LogP contribution >= 0.6 is 39.3 Å². The predicted octanol–water partition coefficient (Wildman–Crippen LogP) is 4.47. The van der Waals surface area contributed by atoms with E-state index in [9.17, 15) is 4.79 Å². The first kappa shape index (κ1) is 14.4. The van der Waals surface area contributed by atoms with E-state index in [4.69, 9.17) is 11.6 Å². The highest BCUT2D eigenvalue weighted by atomic mass is 79.9. The van der Waals surface area contributed by atoms with Crippen LogP contribution in [-0.2, 0) is 0 Å². The lowest BCUT2D eigenvalue weighted by molar-refractivity contribution is 0.102. The van der Waals surface area contributed by atoms with Gasteiger partial charge >= 0.3 is 0 Å². The topological polar surface area (TPSA) is 42.0 Å². The third kappa shape index (κ3) is 3.72. The molecule has 0 bridgehead atoms. The summed E-state index contributed by atoms with van der Waals surface area (Å²) in [5.41, 5.74) is 0.440. The number of thioether (sulfide) groups is 1. The van der Waals surface area contributed by atoms with Crippen LogP contribution in [0, 0.1) is 0 Å². The molecule has 98 valence electrons. The number of pyridine rings is 1. The first-order valence-corrected chi connectivity index (χ1v) is 7.76. The minimum atomic E-state index is -0.272. The molecule has 0 atom stereocenters. The van der Waals surface area contributed by atoms with E-state index in [1.54, 1.807) is 42.2 Å². The fourth-order valence-corrected chi connectivity index (χ4v) is 2.44. The molecule has 1 amide bonds. The Morgan fingerprint density at radius 2 is 2.16 bits per heavy atom. The van der Waals surface area contributed by atoms with Crippen molar-refractivity contribution in [2.45, 2.75) is 4.90 Å². The van der Waals surface area contributed by atoms with Crippen LogP contribution < -0.4 is 5.32 Å². The van der Waals surface area contributed by atoms with Gasteiger partial charge in [-0.2, -0.15) is 0 Å². The number of hydrogen-bond acceptors (Lipinski definition) is 3. The summed E-state index contributed by atoms with van der Waals surface area (Å²) < 4.78 is 0.849. The van der Waals surface area contributed by atoms with Gasteiger partial charge < -0.3 is 5.32 Å². The number of carbonyl (C=O) groups is 1. The van der Waals surface area contributed by atoms with Crippen molar-refractivity contribution >= 4 is 51.0 Å². The first-order chi connectivity index (χ1) is 9.10. The van der Waals surface area contributed by atoms with E-state index >= 15 is 0 Å². The van der Waals surface area contributed by atoms with Crippen molar-refractivity contribution in [3.05, 3.63) is 51.6 Å². The van der Waals surface area contributed by atoms with Gasteiger partial charge in [-0.15, -0.1) is 11.8 Å². The maximum absolute atomic E-state index is 12.2. The normalized spacial score (nSPS) is 10.3. The molecule has 2 aromatic rings. The van der Waals surface area contributed by atoms with Gasteiger partial charge in [-0.3, -0.25) is 4.79 Å². The molecule has 1 heterocycles. The second-order valence-corrected chi connectivity index (χ2v) is 5.86. The fourth-order valence-electron chi connectivity index (χ4n) is 1.46. The van der Waals surface area contributed by atoms with Crippen LogP contribution in [0.25, 0.3) is 0 Å². The van der Waals surface area contributed by atoms with Gasteiger partial charge in [-0.25, -0.2) is 4.98 Å². The van der Waals surface area contributed by atoms with Crippen LogP contribution in [0.3, 0.4) is 0 Å². The molecule has 19 heavy (non-hydrogen) atoms. The van der Waals surface area contributed by atoms with E-state index in [0.29, 0.717) is 16.4 Å². The maximum atomic E-state index is 12.2. The Kier molecular flexibility index (Phi) is 4.85. The van der Waals surface area contributed by atoms with Crippen LogP contribution in [0.1, 0.15) is 10.4 Å². The maximum Gasteiger partial charge on any atom is 0.258 e. The monoisotopic (exact) mass is 356 g/mol. The van der Waals surface area contributed by atoms with Gasteiger partial charge in [0.05, 0.1) is 10.6 Å². The van der Waals surface area contributed by atoms with Gasteiger partial charge in [0.2, 0.25) is 0 Å². The molecular weight excluding hydrogens is 348 g/mol. The molecule has 0 aliphatic heterocycles. The minimum absolute atomic E-state index is 0.272. The van der Waals surface area contributed by atoms with Crippen LogP contribution in [0.4, 0.5) is 5.82 Å². The minimum Gasteiger partial charge on any atom is -0.306 e. The number of nitrogens with one attached hydrogen (secondary N) is 1. The van der Waals surface area contributed by atoms with Crippen LogP contribution in [0.15, 0.2) is 45.9 Å². The second-order valence-electron chi connectivity index (χ2n) is 3.66. The van der Waals surface area contributed by atoms with Crippen molar-refractivity contribution in [2.24, 2.45) is 0 Å². The smallest absolute Gasteiger partial charge is 0.258 e. The van der Waals surface area contributed by atoms with Crippen LogP contribution in [0.2, 0.25) is 5.02 Å². The average Bonchev–Trinajstić information content (AvgIpc) is 2.39. The zero-order valence-corrected chi connectivity index (χ0v) is 13.1. The Bertz CT molecular complexity index is 621. The van der Waals surface area contributed by atoms with Crippen LogP contribution in [-0.4, -0.2) is 17.1 Å². The number of hydrogen-bond donors (Lipinski definition) is 1. The molecule has 1 N–H and O–H groups in total. The van der Waals surface area contributed by atoms with E-state index in [0.717, 1.165) is 9.37 Å². The molecule has 0 saturated heterocycles. The molecule has 1 aromatic carbocycles. The van der Waals surface area contributed by atoms with Crippen molar-refractivity contribution in [3.63, 3.8) is 0 Å². The third-order valence-corrected chi connectivity index (χ3v) is 3.93. The fraction of sp³-hybridized carbons (Fsp3) is 0.0769. The van der Waals surface area contributed by atoms with E-state index in [1.165, 1.54) is 0 Å². The van der Waals surface area contributed by atoms with Gasteiger partial charge in [0.15, 0.2) is 0 Å². The molecule has 0 fully saturated rings. The number of anilines is 1. The largest absolute Gasteiger partial charge is 0.306 e. The zero-order valence-electron chi connectivity index (χ0n) is 9.98. The Morgan fingerprint density at radius 1 is 1.37 bits per heavy atom. The lowest BCUT2D eigenvalue weighted by Gasteiger charge is -2.07. The molecule has 6 heteroatoms. The van der Waals surface area contributed by atoms with E-state index in [2.05, 4.69) is 26.2 Å². The Morgan fingerprint density at radius 3 is 2.84 bits per heavy atom. The number of amides is 1. The lowest BCUT2D eigenvalue weighted by Crippen LogP contribution is -2.13. The Labute approximate surface area is 128 Å². The molecule has 0 aliphatic rings. The lowest BCUT2D eigenvalue weighted by atomic mass is 10.2. The summed E-state index contributed by atoms with van der Waals surface area (Å²) in [4.78, 5) is 17.2. The van der Waals surface area contributed by atoms with E-state index < -0.39 is 0 Å². The molecule has 0 spiro atoms. The Balaban J connectivity index is 2.25. The summed E-state index contributed by atoms with van der Waals surface area (Å²) in [6, 6.07) is 8.87. The van der Waals surface area contributed by atoms with E-state index in [-0.39, 0.29) is 5.91 Å². The van der Waals surface area contributed by atoms with Gasteiger partial charge in [0.25, 0.3) is 5.91 Å². The number of aromatic nitrogens is 1. The zero-order chi connectivity index (χ0) is 13.8. The summed E-state index contributed by atoms with van der Waals surface area (Å²) in [6.07, 6.45) is 3.56. The predicted molar refractivity (Wildman–Crippen MR) is 83.1 cm³/mol. The van der Waals surface area contributed by atoms with Crippen molar-refractivity contribution in [2.75, 3.05) is 11.6 Å². The number of halogens is 2. The van der Waals surface area contributed by atoms with Crippen molar-refractivity contribution in [3.8, 4) is 0 Å². The quantitative estimate of drug-likeness (QED) is 0.824. The van der Waals surface area contributed by atoms with Crippen molar-refractivity contribution in [1.29, 1.82) is 0 Å². The number of carbonyl (C=O) groups excluding carboxylic acids is 1. The third-order valence-electron chi connectivity index (χ3n) is 2.38. The summed E-state index contributed by atoms with van der Waals surface area (Å²) in [5.74, 6) is 0.205. The molecule has 0 saturated carbocycles. The average molecular weight is 358 g/mol. The number of rotatable bonds is 3. The van der Waals surface area contributed by atoms with Gasteiger partial charge in [0, 0.05) is 15.6 Å². The molecule has 0 aliphatic carbocycles. The molecule has 2 rings (SSSR count). The molecular formula is C13H10BrClN2OS. The Hall–Kier alpha value is -1.04. The van der Waals surface area contributed by atoms with Gasteiger partial charge in [-0.1, -0.05) is 27.5 Å². The summed E-state index contributed by atoms with van der Waals surface area (Å²) in [6.45, 7) is 0. The molecule has 1 aromatic heterocycles. The molecule has 0 radical (unpaired) electrons. The first-order valence-electron chi connectivity index (χ1n) is 5.36. The molecule has 0 unspecified atom stereocenters. The highest BCUT2D eigenvalue weighted by molar-refractivity contribution is 9.10. The van der Waals surface area contributed by atoms with Gasteiger partial charge in [0.1, 0.15) is 5.82 Å². The second kappa shape index (κ2) is 6.41. The SMILES string of the molecule is CSc1ccc(Cl)c(C(=O)Nc2cc(Br)ccn2)c1. The van der Waals surface area contributed by atoms with Crippen molar-refractivity contribution in [1.82, 2.24) is 4.98 Å². The highest BCUT2D eigenvalue weighted by Gasteiger charge is 2.12. The number of benzene rings is 1. The highest BCUT2D eigenvalue weighted by Crippen LogP contribution is 2.24. The standard InChI is InChI=1S/C13H10BrClN2OS/c1-19-9-2-3-11(15)10(7-9)13(18)17-12-6-8(14)4-5-16-12/h2-7H,1H3,(H,16,17,18). The summed E-state index contributed by atoms with van der Waals surface area (Å²) >= 11 is 10.9. The van der Waals surface area contributed by atoms with Crippen molar-refractivity contribution < 1.29 is 4.79 Å². The summed E-state index contributed by atoms with van der Waals surface area (Å²) in [5, 5.41) is 3.14. The van der Waals surface area contributed by atoms with Crippen LogP contribution in [0.5, 0.6) is 0 Å². The number of nitrogens with zero attached hydrogens (tertiary/aromatic N) is 1. The van der Waals surface area contributed by atoms with Gasteiger partial charge in [-0.05, 0) is 36.6 Å². The summed E-state index contributed by atoms with van der Waals surface area (Å²) in [7, 11) is 0.